The molecule has 1 heterocycles. The van der Waals surface area contributed by atoms with Crippen LogP contribution in [-0.2, 0) is 20.8 Å². The maximum Gasteiger partial charge on any atom is 0.326 e. The first kappa shape index (κ1) is 15.1. The van der Waals surface area contributed by atoms with Gasteiger partial charge >= 0.3 is 11.7 Å². The van der Waals surface area contributed by atoms with E-state index in [9.17, 15) is 24.0 Å². The summed E-state index contributed by atoms with van der Waals surface area (Å²) < 4.78 is 0. The molecule has 0 saturated heterocycles. The molecular formula is C10H12N4O6. The molecule has 1 aromatic rings. The molecule has 108 valence electrons. The van der Waals surface area contributed by atoms with Crippen molar-refractivity contribution >= 4 is 17.8 Å². The van der Waals surface area contributed by atoms with Crippen LogP contribution in [0.25, 0.3) is 0 Å². The SMILES string of the molecule is NC(=O)CC(NC(=O)Cc1cc(=O)[nH]c(=O)[nH]1)C(=O)O. The number of carboxylic acids is 1. The van der Waals surface area contributed by atoms with Crippen molar-refractivity contribution in [3.63, 3.8) is 0 Å². The van der Waals surface area contributed by atoms with Gasteiger partial charge in [0, 0.05) is 11.8 Å². The third-order valence-corrected chi connectivity index (χ3v) is 2.21. The number of nitrogens with one attached hydrogen (secondary N) is 3. The molecule has 6 N–H and O–H groups in total. The normalized spacial score (nSPS) is 11.6. The van der Waals surface area contributed by atoms with E-state index >= 15 is 0 Å². The van der Waals surface area contributed by atoms with E-state index in [2.05, 4.69) is 10.3 Å². The number of aromatic nitrogens is 2. The van der Waals surface area contributed by atoms with E-state index in [0.717, 1.165) is 6.07 Å². The Kier molecular flexibility index (Phi) is 4.78. The highest BCUT2D eigenvalue weighted by Gasteiger charge is 2.22. The van der Waals surface area contributed by atoms with Crippen LogP contribution in [0, 0.1) is 0 Å². The largest absolute Gasteiger partial charge is 0.480 e. The number of primary amides is 1. The third kappa shape index (κ3) is 4.76. The second-order valence-electron chi connectivity index (χ2n) is 3.92. The molecule has 0 spiro atoms. The summed E-state index contributed by atoms with van der Waals surface area (Å²) in [6.45, 7) is 0. The Morgan fingerprint density at radius 3 is 2.45 bits per heavy atom. The van der Waals surface area contributed by atoms with Gasteiger partial charge < -0.3 is 21.1 Å². The summed E-state index contributed by atoms with van der Waals surface area (Å²) in [4.78, 5) is 59.1. The molecule has 0 radical (unpaired) electrons. The highest BCUT2D eigenvalue weighted by Crippen LogP contribution is 1.94. The zero-order chi connectivity index (χ0) is 15.3. The van der Waals surface area contributed by atoms with Gasteiger partial charge in [-0.05, 0) is 0 Å². The number of aliphatic carboxylic acids is 1. The van der Waals surface area contributed by atoms with Crippen LogP contribution in [0.1, 0.15) is 12.1 Å². The van der Waals surface area contributed by atoms with Crippen LogP contribution in [0.3, 0.4) is 0 Å². The summed E-state index contributed by atoms with van der Waals surface area (Å²) in [5, 5.41) is 10.9. The fourth-order valence-electron chi connectivity index (χ4n) is 1.43. The van der Waals surface area contributed by atoms with Gasteiger partial charge in [-0.1, -0.05) is 0 Å². The fraction of sp³-hybridized carbons (Fsp3) is 0.300. The molecule has 1 atom stereocenters. The van der Waals surface area contributed by atoms with Gasteiger partial charge in [-0.25, -0.2) is 9.59 Å². The van der Waals surface area contributed by atoms with Crippen molar-refractivity contribution in [3.05, 3.63) is 32.6 Å². The van der Waals surface area contributed by atoms with E-state index in [0.29, 0.717) is 0 Å². The lowest BCUT2D eigenvalue weighted by molar-refractivity contribution is -0.143. The van der Waals surface area contributed by atoms with E-state index < -0.39 is 47.9 Å². The third-order valence-electron chi connectivity index (χ3n) is 2.21. The number of hydrogen-bond donors (Lipinski definition) is 5. The zero-order valence-electron chi connectivity index (χ0n) is 10.1. The zero-order valence-corrected chi connectivity index (χ0v) is 10.1. The minimum atomic E-state index is -1.46. The van der Waals surface area contributed by atoms with Crippen LogP contribution in [0.5, 0.6) is 0 Å². The summed E-state index contributed by atoms with van der Waals surface area (Å²) in [6, 6.07) is -0.473. The summed E-state index contributed by atoms with van der Waals surface area (Å²) >= 11 is 0. The summed E-state index contributed by atoms with van der Waals surface area (Å²) in [5.74, 6) is -3.08. The van der Waals surface area contributed by atoms with Crippen molar-refractivity contribution < 1.29 is 19.5 Å². The molecule has 2 amide bonds. The van der Waals surface area contributed by atoms with Crippen LogP contribution in [-0.4, -0.2) is 38.9 Å². The van der Waals surface area contributed by atoms with Crippen molar-refractivity contribution in [1.29, 1.82) is 0 Å². The topological polar surface area (TPSA) is 175 Å². The number of hydrogen-bond acceptors (Lipinski definition) is 5. The molecule has 0 aliphatic rings. The molecule has 0 bridgehead atoms. The molecular weight excluding hydrogens is 272 g/mol. The van der Waals surface area contributed by atoms with Gasteiger partial charge in [0.1, 0.15) is 6.04 Å². The van der Waals surface area contributed by atoms with E-state index in [-0.39, 0.29) is 5.69 Å². The van der Waals surface area contributed by atoms with Crippen LogP contribution in [0.15, 0.2) is 15.7 Å². The fourth-order valence-corrected chi connectivity index (χ4v) is 1.43. The Bertz CT molecular complexity index is 617. The second-order valence-corrected chi connectivity index (χ2v) is 3.92. The number of carboxylic acid groups (broad SMARTS) is 1. The Morgan fingerprint density at radius 1 is 1.30 bits per heavy atom. The molecule has 1 unspecified atom stereocenters. The summed E-state index contributed by atoms with van der Waals surface area (Å²) in [5.41, 5.74) is 3.39. The molecule has 1 aromatic heterocycles. The number of amides is 2. The second kappa shape index (κ2) is 6.31. The molecule has 20 heavy (non-hydrogen) atoms. The van der Waals surface area contributed by atoms with Gasteiger partial charge in [0.05, 0.1) is 12.8 Å². The van der Waals surface area contributed by atoms with E-state index in [1.807, 2.05) is 4.98 Å². The molecule has 0 aliphatic heterocycles. The minimum Gasteiger partial charge on any atom is -0.480 e. The summed E-state index contributed by atoms with van der Waals surface area (Å²) in [6.07, 6.45) is -0.978. The molecule has 10 nitrogen and oxygen atoms in total. The quantitative estimate of drug-likeness (QED) is 0.373. The van der Waals surface area contributed by atoms with Crippen molar-refractivity contribution in [3.8, 4) is 0 Å². The van der Waals surface area contributed by atoms with Gasteiger partial charge in [-0.2, -0.15) is 0 Å². The lowest BCUT2D eigenvalue weighted by Crippen LogP contribution is -2.44. The minimum absolute atomic E-state index is 0.0134. The summed E-state index contributed by atoms with van der Waals surface area (Å²) in [7, 11) is 0. The number of carbonyl (C=O) groups is 3. The maximum absolute atomic E-state index is 11.6. The van der Waals surface area contributed by atoms with Crippen molar-refractivity contribution in [2.45, 2.75) is 18.9 Å². The van der Waals surface area contributed by atoms with Crippen LogP contribution < -0.4 is 22.3 Å². The molecule has 0 saturated carbocycles. The van der Waals surface area contributed by atoms with Crippen molar-refractivity contribution in [2.75, 3.05) is 0 Å². The molecule has 0 fully saturated rings. The van der Waals surface area contributed by atoms with Crippen molar-refractivity contribution in [1.82, 2.24) is 15.3 Å². The van der Waals surface area contributed by atoms with Crippen LogP contribution in [0.2, 0.25) is 0 Å². The first-order chi connectivity index (χ1) is 9.27. The molecule has 0 aliphatic carbocycles. The van der Waals surface area contributed by atoms with Gasteiger partial charge in [0.25, 0.3) is 5.56 Å². The smallest absolute Gasteiger partial charge is 0.326 e. The van der Waals surface area contributed by atoms with Gasteiger partial charge in [-0.3, -0.25) is 19.4 Å². The monoisotopic (exact) mass is 284 g/mol. The molecule has 1 rings (SSSR count). The average molecular weight is 284 g/mol. The Morgan fingerprint density at radius 2 is 1.95 bits per heavy atom. The maximum atomic E-state index is 11.6. The predicted molar refractivity (Wildman–Crippen MR) is 64.8 cm³/mol. The first-order valence-corrected chi connectivity index (χ1v) is 5.41. The highest BCUT2D eigenvalue weighted by molar-refractivity contribution is 5.88. The number of nitrogens with two attached hydrogens (primary N) is 1. The van der Waals surface area contributed by atoms with Crippen LogP contribution >= 0.6 is 0 Å². The highest BCUT2D eigenvalue weighted by atomic mass is 16.4. The number of rotatable bonds is 6. The van der Waals surface area contributed by atoms with Gasteiger partial charge in [0.2, 0.25) is 11.8 Å². The predicted octanol–water partition coefficient (Wildman–Crippen LogP) is -2.95. The van der Waals surface area contributed by atoms with Crippen molar-refractivity contribution in [2.24, 2.45) is 5.73 Å². The Labute approximate surface area is 111 Å². The van der Waals surface area contributed by atoms with E-state index in [4.69, 9.17) is 10.8 Å². The lowest BCUT2D eigenvalue weighted by Gasteiger charge is -2.12. The Balaban J connectivity index is 2.75. The first-order valence-electron chi connectivity index (χ1n) is 5.41. The van der Waals surface area contributed by atoms with Gasteiger partial charge in [0.15, 0.2) is 0 Å². The van der Waals surface area contributed by atoms with Gasteiger partial charge in [-0.15, -0.1) is 0 Å². The van der Waals surface area contributed by atoms with E-state index in [1.165, 1.54) is 0 Å². The number of carbonyl (C=O) groups excluding carboxylic acids is 2. The Hall–Kier alpha value is -2.91. The van der Waals surface area contributed by atoms with E-state index in [1.54, 1.807) is 0 Å². The lowest BCUT2D eigenvalue weighted by atomic mass is 10.2. The number of H-pyrrole nitrogens is 2. The van der Waals surface area contributed by atoms with Crippen LogP contribution in [0.4, 0.5) is 0 Å². The average Bonchev–Trinajstić information content (AvgIpc) is 2.25. The standard InChI is InChI=1S/C10H12N4O6/c11-6(15)3-5(9(18)19)13-7(16)1-4-2-8(17)14-10(20)12-4/h2,5H,1,3H2,(H2,11,15)(H,13,16)(H,18,19)(H2,12,14,17,20). The molecule has 10 heteroatoms. The molecule has 0 aromatic carbocycles. The number of aromatic amines is 2.